The van der Waals surface area contributed by atoms with Crippen LogP contribution >= 0.6 is 0 Å². The summed E-state index contributed by atoms with van der Waals surface area (Å²) in [6.07, 6.45) is 28.2. The summed E-state index contributed by atoms with van der Waals surface area (Å²) >= 11 is 0. The molecule has 0 aliphatic rings. The van der Waals surface area contributed by atoms with Crippen molar-refractivity contribution < 1.29 is 9.90 Å². The molecule has 0 amide bonds. The summed E-state index contributed by atoms with van der Waals surface area (Å²) in [6, 6.07) is 0. The average molecular weight is 337 g/mol. The highest BCUT2D eigenvalue weighted by molar-refractivity contribution is 5.66. The summed E-state index contributed by atoms with van der Waals surface area (Å²) in [7, 11) is 0. The molecule has 0 heterocycles. The summed E-state index contributed by atoms with van der Waals surface area (Å²) in [6.45, 7) is 2.27. The first-order chi connectivity index (χ1) is 11.8. The van der Waals surface area contributed by atoms with Crippen molar-refractivity contribution in [2.75, 3.05) is 0 Å². The van der Waals surface area contributed by atoms with E-state index in [4.69, 9.17) is 5.11 Å². The summed E-state index contributed by atoms with van der Waals surface area (Å²) in [5.41, 5.74) is 0. The van der Waals surface area contributed by atoms with E-state index in [1.165, 1.54) is 77.0 Å². The molecule has 0 saturated carbocycles. The fraction of sp³-hybridized carbons (Fsp3) is 0.773. The molecule has 0 aromatic heterocycles. The minimum Gasteiger partial charge on any atom is -0.481 e. The fourth-order valence-corrected chi connectivity index (χ4v) is 2.76. The van der Waals surface area contributed by atoms with E-state index in [2.05, 4.69) is 31.2 Å². The highest BCUT2D eigenvalue weighted by Crippen LogP contribution is 2.09. The quantitative estimate of drug-likeness (QED) is 0.208. The second-order valence-corrected chi connectivity index (χ2v) is 6.78. The molecule has 24 heavy (non-hydrogen) atoms. The minimum atomic E-state index is -0.690. The molecule has 0 aliphatic heterocycles. The topological polar surface area (TPSA) is 37.3 Å². The number of rotatable bonds is 18. The van der Waals surface area contributed by atoms with E-state index in [9.17, 15) is 4.79 Å². The van der Waals surface area contributed by atoms with Crippen molar-refractivity contribution in [3.63, 3.8) is 0 Å². The number of hydrogen-bond acceptors (Lipinski definition) is 1. The zero-order chi connectivity index (χ0) is 17.7. The average Bonchev–Trinajstić information content (AvgIpc) is 2.56. The third-order valence-electron chi connectivity index (χ3n) is 4.31. The Morgan fingerprint density at radius 1 is 0.625 bits per heavy atom. The predicted octanol–water partition coefficient (Wildman–Crippen LogP) is 7.44. The maximum Gasteiger partial charge on any atom is 0.303 e. The van der Waals surface area contributed by atoms with Gasteiger partial charge in [-0.1, -0.05) is 76.2 Å². The van der Waals surface area contributed by atoms with Gasteiger partial charge in [0, 0.05) is 6.42 Å². The molecule has 0 aromatic carbocycles. The number of carboxylic acids is 1. The highest BCUT2D eigenvalue weighted by atomic mass is 16.4. The lowest BCUT2D eigenvalue weighted by Gasteiger charge is -1.98. The van der Waals surface area contributed by atoms with E-state index < -0.39 is 5.97 Å². The standard InChI is InChI=1S/C22H40O2/c1-2-3-4-5-6-7-8-9-10-11-12-13-14-15-16-17-18-19-20-21-22(23)24/h9-10,17-18H,2-8,11-16,19-21H2,1H3,(H,23,24). The molecule has 0 atom stereocenters. The Morgan fingerprint density at radius 2 is 1.00 bits per heavy atom. The summed E-state index contributed by atoms with van der Waals surface area (Å²) in [5, 5.41) is 8.53. The molecule has 0 fully saturated rings. The first-order valence-electron chi connectivity index (χ1n) is 10.3. The molecule has 2 heteroatoms. The van der Waals surface area contributed by atoms with Gasteiger partial charge >= 0.3 is 5.97 Å². The lowest BCUT2D eigenvalue weighted by atomic mass is 10.1. The summed E-state index contributed by atoms with van der Waals surface area (Å²) < 4.78 is 0. The van der Waals surface area contributed by atoms with Crippen LogP contribution in [0.5, 0.6) is 0 Å². The molecule has 0 rings (SSSR count). The molecule has 2 nitrogen and oxygen atoms in total. The molecule has 0 saturated heterocycles. The van der Waals surface area contributed by atoms with Gasteiger partial charge in [0.15, 0.2) is 0 Å². The summed E-state index contributed by atoms with van der Waals surface area (Å²) in [4.78, 5) is 10.4. The van der Waals surface area contributed by atoms with Crippen LogP contribution in [0.15, 0.2) is 24.3 Å². The van der Waals surface area contributed by atoms with Crippen molar-refractivity contribution in [2.24, 2.45) is 0 Å². The maximum atomic E-state index is 10.4. The number of carbonyl (C=O) groups is 1. The number of carboxylic acid groups (broad SMARTS) is 1. The van der Waals surface area contributed by atoms with E-state index in [-0.39, 0.29) is 6.42 Å². The van der Waals surface area contributed by atoms with E-state index >= 15 is 0 Å². The minimum absolute atomic E-state index is 0.288. The molecule has 0 unspecified atom stereocenters. The van der Waals surface area contributed by atoms with Crippen LogP contribution in [0.25, 0.3) is 0 Å². The van der Waals surface area contributed by atoms with Gasteiger partial charge in [0.05, 0.1) is 0 Å². The van der Waals surface area contributed by atoms with Gasteiger partial charge in [-0.3, -0.25) is 4.79 Å². The van der Waals surface area contributed by atoms with E-state index in [0.29, 0.717) is 0 Å². The van der Waals surface area contributed by atoms with Crippen LogP contribution in [0.1, 0.15) is 110 Å². The highest BCUT2D eigenvalue weighted by Gasteiger charge is 1.93. The Hall–Kier alpha value is -1.05. The SMILES string of the molecule is CCCCCCCCC=CCCCCCCC=CCCCC(=O)O. The van der Waals surface area contributed by atoms with Crippen molar-refractivity contribution in [3.8, 4) is 0 Å². The molecule has 0 bridgehead atoms. The molecule has 0 radical (unpaired) electrons. The van der Waals surface area contributed by atoms with Crippen molar-refractivity contribution >= 4 is 5.97 Å². The van der Waals surface area contributed by atoms with Crippen LogP contribution < -0.4 is 0 Å². The van der Waals surface area contributed by atoms with Gasteiger partial charge in [0.25, 0.3) is 0 Å². The molecular formula is C22H40O2. The number of hydrogen-bond donors (Lipinski definition) is 1. The van der Waals surface area contributed by atoms with Gasteiger partial charge in [-0.2, -0.15) is 0 Å². The van der Waals surface area contributed by atoms with Gasteiger partial charge in [0.2, 0.25) is 0 Å². The van der Waals surface area contributed by atoms with Crippen molar-refractivity contribution in [2.45, 2.75) is 110 Å². The Kier molecular flexibility index (Phi) is 19.1. The van der Waals surface area contributed by atoms with E-state index in [1.807, 2.05) is 0 Å². The van der Waals surface area contributed by atoms with Crippen molar-refractivity contribution in [1.82, 2.24) is 0 Å². The van der Waals surface area contributed by atoms with E-state index in [1.54, 1.807) is 0 Å². The van der Waals surface area contributed by atoms with Gasteiger partial charge in [0.1, 0.15) is 0 Å². The van der Waals surface area contributed by atoms with Crippen LogP contribution in [0.2, 0.25) is 0 Å². The molecule has 0 spiro atoms. The van der Waals surface area contributed by atoms with E-state index in [0.717, 1.165) is 19.3 Å². The Labute approximate surface area is 150 Å². The van der Waals surface area contributed by atoms with Crippen LogP contribution in [-0.2, 0) is 4.79 Å². The largest absolute Gasteiger partial charge is 0.481 e. The van der Waals surface area contributed by atoms with Crippen LogP contribution in [0.3, 0.4) is 0 Å². The second kappa shape index (κ2) is 20.0. The molecule has 1 N–H and O–H groups in total. The number of unbranched alkanes of at least 4 members (excludes halogenated alkanes) is 12. The smallest absolute Gasteiger partial charge is 0.303 e. The zero-order valence-electron chi connectivity index (χ0n) is 16.0. The number of aliphatic carboxylic acids is 1. The van der Waals surface area contributed by atoms with Crippen LogP contribution in [-0.4, -0.2) is 11.1 Å². The first-order valence-corrected chi connectivity index (χ1v) is 10.3. The van der Waals surface area contributed by atoms with Gasteiger partial charge in [-0.15, -0.1) is 0 Å². The Bertz CT molecular complexity index is 318. The fourth-order valence-electron chi connectivity index (χ4n) is 2.76. The van der Waals surface area contributed by atoms with Crippen LogP contribution in [0.4, 0.5) is 0 Å². The van der Waals surface area contributed by atoms with Gasteiger partial charge < -0.3 is 5.11 Å². The van der Waals surface area contributed by atoms with Crippen molar-refractivity contribution in [1.29, 1.82) is 0 Å². The number of allylic oxidation sites excluding steroid dienone is 4. The molecule has 0 aromatic rings. The van der Waals surface area contributed by atoms with Crippen molar-refractivity contribution in [3.05, 3.63) is 24.3 Å². The predicted molar refractivity (Wildman–Crippen MR) is 105 cm³/mol. The Balaban J connectivity index is 3.15. The molecule has 140 valence electrons. The maximum absolute atomic E-state index is 10.4. The normalized spacial score (nSPS) is 11.7. The Morgan fingerprint density at radius 3 is 1.42 bits per heavy atom. The lowest BCUT2D eigenvalue weighted by molar-refractivity contribution is -0.137. The van der Waals surface area contributed by atoms with Gasteiger partial charge in [-0.05, 0) is 51.4 Å². The van der Waals surface area contributed by atoms with Gasteiger partial charge in [-0.25, -0.2) is 0 Å². The second-order valence-electron chi connectivity index (χ2n) is 6.78. The monoisotopic (exact) mass is 336 g/mol. The van der Waals surface area contributed by atoms with Crippen LogP contribution in [0, 0.1) is 0 Å². The lowest BCUT2D eigenvalue weighted by Crippen LogP contribution is -1.92. The third-order valence-corrected chi connectivity index (χ3v) is 4.31. The zero-order valence-corrected chi connectivity index (χ0v) is 16.0. The third kappa shape index (κ3) is 20.9. The molecule has 0 aliphatic carbocycles. The molecular weight excluding hydrogens is 296 g/mol. The summed E-state index contributed by atoms with van der Waals surface area (Å²) in [5.74, 6) is -0.690. The first kappa shape index (κ1) is 22.9.